The Morgan fingerprint density at radius 2 is 1.67 bits per heavy atom. The number of rotatable bonds is 5. The van der Waals surface area contributed by atoms with Crippen LogP contribution >= 0.6 is 23.2 Å². The van der Waals surface area contributed by atoms with E-state index in [9.17, 15) is 9.59 Å². The van der Waals surface area contributed by atoms with Gasteiger partial charge in [0, 0.05) is 40.4 Å². The van der Waals surface area contributed by atoms with E-state index in [1.807, 2.05) is 66.4 Å². The molecule has 0 fully saturated rings. The lowest BCUT2D eigenvalue weighted by molar-refractivity contribution is 0.0973. The van der Waals surface area contributed by atoms with E-state index in [1.54, 1.807) is 29.2 Å². The Hall–Kier alpha value is -3.02. The maximum atomic E-state index is 13.5. The summed E-state index contributed by atoms with van der Waals surface area (Å²) in [5, 5.41) is 3.48. The van der Waals surface area contributed by atoms with Crippen LogP contribution in [0.5, 0.6) is 0 Å². The molecule has 1 heterocycles. The van der Waals surface area contributed by atoms with Crippen molar-refractivity contribution in [3.8, 4) is 0 Å². The van der Waals surface area contributed by atoms with Gasteiger partial charge in [0.05, 0.1) is 6.04 Å². The van der Waals surface area contributed by atoms with E-state index < -0.39 is 0 Å². The average Bonchev–Trinajstić information content (AvgIpc) is 2.84. The Kier molecular flexibility index (Phi) is 7.21. The number of hydrogen-bond donors (Lipinski definition) is 1. The lowest BCUT2D eigenvalue weighted by Gasteiger charge is -2.43. The molecule has 5 nitrogen and oxygen atoms in total. The van der Waals surface area contributed by atoms with Gasteiger partial charge in [0.2, 0.25) is 0 Å². The first-order chi connectivity index (χ1) is 16.0. The molecule has 3 aromatic rings. The molecular formula is C26H25Cl2N3O2. The second-order valence-corrected chi connectivity index (χ2v) is 8.78. The quantitative estimate of drug-likeness (QED) is 0.436. The van der Waals surface area contributed by atoms with Crippen LogP contribution in [0.4, 0.5) is 16.2 Å². The molecule has 4 rings (SSSR count). The van der Waals surface area contributed by atoms with E-state index in [0.717, 1.165) is 16.9 Å². The second-order valence-electron chi connectivity index (χ2n) is 7.97. The maximum absolute atomic E-state index is 13.5. The summed E-state index contributed by atoms with van der Waals surface area (Å²) >= 11 is 11.8. The third kappa shape index (κ3) is 4.85. The number of urea groups is 1. The molecule has 170 valence electrons. The molecule has 0 aromatic heterocycles. The molecule has 0 aliphatic carbocycles. The highest BCUT2D eigenvalue weighted by Crippen LogP contribution is 2.42. The number of nitrogens with one attached hydrogen (secondary N) is 1. The minimum atomic E-state index is -0.247. The highest BCUT2D eigenvalue weighted by atomic mass is 35.5. The minimum absolute atomic E-state index is 0.0945. The Bertz CT molecular complexity index is 1120. The van der Waals surface area contributed by atoms with Crippen LogP contribution in [0.25, 0.3) is 0 Å². The zero-order chi connectivity index (χ0) is 23.4. The van der Waals surface area contributed by atoms with E-state index in [1.165, 1.54) is 0 Å². The Morgan fingerprint density at radius 1 is 1.00 bits per heavy atom. The topological polar surface area (TPSA) is 52.7 Å². The largest absolute Gasteiger partial charge is 0.336 e. The summed E-state index contributed by atoms with van der Waals surface area (Å²) in [7, 11) is 0. The monoisotopic (exact) mass is 481 g/mol. The smallest absolute Gasteiger partial charge is 0.322 e. The van der Waals surface area contributed by atoms with Crippen molar-refractivity contribution >= 4 is 46.5 Å². The molecule has 33 heavy (non-hydrogen) atoms. The van der Waals surface area contributed by atoms with E-state index in [-0.39, 0.29) is 24.0 Å². The molecule has 2 unspecified atom stereocenters. The molecule has 0 radical (unpaired) electrons. The molecule has 1 N–H and O–H groups in total. The van der Waals surface area contributed by atoms with Crippen LogP contribution in [0.3, 0.4) is 0 Å². The van der Waals surface area contributed by atoms with Gasteiger partial charge < -0.3 is 10.2 Å². The summed E-state index contributed by atoms with van der Waals surface area (Å²) in [6.45, 7) is 2.38. The number of alkyl halides is 1. The van der Waals surface area contributed by atoms with Gasteiger partial charge in [-0.3, -0.25) is 9.69 Å². The molecule has 7 heteroatoms. The molecule has 0 spiro atoms. The SMILES string of the molecule is CC1CC(N(C(=O)NCCCl)c2ccccc2)c2ccccc2N1C(=O)c1ccc(Cl)cc1. The van der Waals surface area contributed by atoms with Crippen molar-refractivity contribution in [3.63, 3.8) is 0 Å². The highest BCUT2D eigenvalue weighted by Gasteiger charge is 2.38. The summed E-state index contributed by atoms with van der Waals surface area (Å²) in [4.78, 5) is 30.3. The van der Waals surface area contributed by atoms with Crippen molar-refractivity contribution in [3.05, 3.63) is 95.0 Å². The van der Waals surface area contributed by atoms with Crippen molar-refractivity contribution in [1.29, 1.82) is 0 Å². The fraction of sp³-hybridized carbons (Fsp3) is 0.231. The van der Waals surface area contributed by atoms with Crippen LogP contribution < -0.4 is 15.1 Å². The number of para-hydroxylation sites is 2. The fourth-order valence-electron chi connectivity index (χ4n) is 4.33. The van der Waals surface area contributed by atoms with Crippen LogP contribution in [0.2, 0.25) is 5.02 Å². The van der Waals surface area contributed by atoms with Crippen molar-refractivity contribution in [2.75, 3.05) is 22.2 Å². The number of benzene rings is 3. The molecule has 0 saturated carbocycles. The normalized spacial score (nSPS) is 17.2. The lowest BCUT2D eigenvalue weighted by Crippen LogP contribution is -2.50. The van der Waals surface area contributed by atoms with E-state index in [0.29, 0.717) is 29.4 Å². The van der Waals surface area contributed by atoms with Crippen LogP contribution in [-0.4, -0.2) is 30.4 Å². The van der Waals surface area contributed by atoms with Crippen molar-refractivity contribution < 1.29 is 9.59 Å². The van der Waals surface area contributed by atoms with E-state index >= 15 is 0 Å². The Balaban J connectivity index is 1.76. The van der Waals surface area contributed by atoms with Crippen LogP contribution in [-0.2, 0) is 0 Å². The van der Waals surface area contributed by atoms with Crippen LogP contribution in [0.15, 0.2) is 78.9 Å². The van der Waals surface area contributed by atoms with Crippen molar-refractivity contribution in [2.45, 2.75) is 25.4 Å². The first-order valence-electron chi connectivity index (χ1n) is 10.9. The van der Waals surface area contributed by atoms with Gasteiger partial charge in [0.1, 0.15) is 0 Å². The van der Waals surface area contributed by atoms with Gasteiger partial charge in [-0.2, -0.15) is 0 Å². The number of anilines is 2. The van der Waals surface area contributed by atoms with Gasteiger partial charge in [0.25, 0.3) is 5.91 Å². The summed E-state index contributed by atoms with van der Waals surface area (Å²) in [5.74, 6) is 0.234. The number of carbonyl (C=O) groups is 2. The molecule has 0 bridgehead atoms. The first kappa shape index (κ1) is 23.1. The molecular weight excluding hydrogens is 457 g/mol. The predicted molar refractivity (Wildman–Crippen MR) is 135 cm³/mol. The molecule has 3 amide bonds. The van der Waals surface area contributed by atoms with Crippen LogP contribution in [0, 0.1) is 0 Å². The van der Waals surface area contributed by atoms with Gasteiger partial charge in [-0.25, -0.2) is 4.79 Å². The summed E-state index contributed by atoms with van der Waals surface area (Å²) in [6, 6.07) is 23.6. The predicted octanol–water partition coefficient (Wildman–Crippen LogP) is 6.28. The van der Waals surface area contributed by atoms with Gasteiger partial charge in [-0.15, -0.1) is 11.6 Å². The number of fused-ring (bicyclic) bond motifs is 1. The number of amides is 3. The van der Waals surface area contributed by atoms with Gasteiger partial charge >= 0.3 is 6.03 Å². The van der Waals surface area contributed by atoms with E-state index in [2.05, 4.69) is 5.32 Å². The lowest BCUT2D eigenvalue weighted by atomic mass is 9.89. The first-order valence-corrected chi connectivity index (χ1v) is 11.8. The number of nitrogens with zero attached hydrogens (tertiary/aromatic N) is 2. The Morgan fingerprint density at radius 3 is 2.36 bits per heavy atom. The molecule has 1 aliphatic rings. The van der Waals surface area contributed by atoms with Gasteiger partial charge in [0.15, 0.2) is 0 Å². The molecule has 3 aromatic carbocycles. The Labute approximate surface area is 203 Å². The number of hydrogen-bond acceptors (Lipinski definition) is 2. The second kappa shape index (κ2) is 10.3. The minimum Gasteiger partial charge on any atom is -0.336 e. The van der Waals surface area contributed by atoms with E-state index in [4.69, 9.17) is 23.2 Å². The molecule has 2 atom stereocenters. The number of halogens is 2. The van der Waals surface area contributed by atoms with Gasteiger partial charge in [-0.1, -0.05) is 48.0 Å². The fourth-order valence-corrected chi connectivity index (χ4v) is 4.55. The third-order valence-electron chi connectivity index (χ3n) is 5.81. The number of carbonyl (C=O) groups excluding carboxylic acids is 2. The van der Waals surface area contributed by atoms with Crippen molar-refractivity contribution in [1.82, 2.24) is 5.32 Å². The van der Waals surface area contributed by atoms with Crippen molar-refractivity contribution in [2.24, 2.45) is 0 Å². The molecule has 1 aliphatic heterocycles. The zero-order valence-electron chi connectivity index (χ0n) is 18.2. The zero-order valence-corrected chi connectivity index (χ0v) is 19.8. The summed E-state index contributed by atoms with van der Waals surface area (Å²) in [5.41, 5.74) is 3.07. The molecule has 0 saturated heterocycles. The third-order valence-corrected chi connectivity index (χ3v) is 6.25. The summed E-state index contributed by atoms with van der Waals surface area (Å²) < 4.78 is 0. The standard InChI is InChI=1S/C26H25Cl2N3O2/c1-18-17-24(31(26(33)29-16-15-27)21-7-3-2-4-8-21)22-9-5-6-10-23(22)30(18)25(32)19-11-13-20(28)14-12-19/h2-14,18,24H,15-17H2,1H3,(H,29,33). The average molecular weight is 482 g/mol. The maximum Gasteiger partial charge on any atom is 0.322 e. The van der Waals surface area contributed by atoms with Crippen LogP contribution in [0.1, 0.15) is 35.3 Å². The highest BCUT2D eigenvalue weighted by molar-refractivity contribution is 6.30. The van der Waals surface area contributed by atoms with Gasteiger partial charge in [-0.05, 0) is 61.4 Å². The summed E-state index contributed by atoms with van der Waals surface area (Å²) in [6.07, 6.45) is 0.583.